The van der Waals surface area contributed by atoms with E-state index in [4.69, 9.17) is 23.2 Å². The summed E-state index contributed by atoms with van der Waals surface area (Å²) < 4.78 is 0. The maximum atomic E-state index is 11.9. The van der Waals surface area contributed by atoms with Crippen LogP contribution in [0.5, 0.6) is 5.75 Å². The summed E-state index contributed by atoms with van der Waals surface area (Å²) in [5.41, 5.74) is 1.19. The van der Waals surface area contributed by atoms with Crippen LogP contribution in [0.3, 0.4) is 0 Å². The Morgan fingerprint density at radius 1 is 1.00 bits per heavy atom. The van der Waals surface area contributed by atoms with Crippen LogP contribution in [0.1, 0.15) is 5.56 Å². The number of anilines is 2. The highest BCUT2D eigenvalue weighted by Gasteiger charge is 2.17. The lowest BCUT2D eigenvalue weighted by atomic mass is 10.2. The van der Waals surface area contributed by atoms with Gasteiger partial charge < -0.3 is 15.7 Å². The van der Waals surface area contributed by atoms with Crippen molar-refractivity contribution in [3.05, 3.63) is 52.0 Å². The fourth-order valence-electron chi connectivity index (χ4n) is 1.71. The first-order valence-corrected chi connectivity index (χ1v) is 7.00. The zero-order valence-electron chi connectivity index (χ0n) is 11.5. The van der Waals surface area contributed by atoms with E-state index < -0.39 is 11.8 Å². The fraction of sp³-hybridized carbons (Fsp3) is 0.0667. The van der Waals surface area contributed by atoms with Gasteiger partial charge in [-0.1, -0.05) is 35.3 Å². The maximum absolute atomic E-state index is 11.9. The second-order valence-corrected chi connectivity index (χ2v) is 5.32. The molecule has 0 aromatic heterocycles. The molecule has 0 radical (unpaired) electrons. The van der Waals surface area contributed by atoms with Crippen LogP contribution in [0.2, 0.25) is 10.0 Å². The number of phenolic OH excluding ortho intramolecular Hbond substituents is 1. The predicted molar refractivity (Wildman–Crippen MR) is 86.6 cm³/mol. The van der Waals surface area contributed by atoms with Crippen molar-refractivity contribution in [3.63, 3.8) is 0 Å². The minimum absolute atomic E-state index is 0.123. The van der Waals surface area contributed by atoms with Gasteiger partial charge in [0.2, 0.25) is 0 Å². The number of carbonyl (C=O) groups is 2. The van der Waals surface area contributed by atoms with Crippen LogP contribution in [-0.4, -0.2) is 16.9 Å². The first-order valence-electron chi connectivity index (χ1n) is 6.24. The smallest absolute Gasteiger partial charge is 0.314 e. The van der Waals surface area contributed by atoms with Crippen LogP contribution in [0.4, 0.5) is 11.4 Å². The van der Waals surface area contributed by atoms with Gasteiger partial charge >= 0.3 is 11.8 Å². The highest BCUT2D eigenvalue weighted by atomic mass is 35.5. The Morgan fingerprint density at radius 3 is 2.27 bits per heavy atom. The number of aryl methyl sites for hydroxylation is 1. The molecule has 0 saturated carbocycles. The van der Waals surface area contributed by atoms with Crippen molar-refractivity contribution < 1.29 is 14.7 Å². The van der Waals surface area contributed by atoms with Crippen molar-refractivity contribution in [2.75, 3.05) is 10.6 Å². The SMILES string of the molecule is Cc1ccc(NC(=O)C(=O)Nc2cccc(Cl)c2Cl)c(O)c1. The van der Waals surface area contributed by atoms with E-state index in [0.29, 0.717) is 0 Å². The molecule has 2 aromatic carbocycles. The van der Waals surface area contributed by atoms with E-state index in [1.165, 1.54) is 18.2 Å². The van der Waals surface area contributed by atoms with Crippen molar-refractivity contribution >= 4 is 46.4 Å². The molecule has 0 aliphatic carbocycles. The van der Waals surface area contributed by atoms with Crippen LogP contribution < -0.4 is 10.6 Å². The number of hydrogen-bond donors (Lipinski definition) is 3. The maximum Gasteiger partial charge on any atom is 0.314 e. The lowest BCUT2D eigenvalue weighted by Gasteiger charge is -2.10. The minimum Gasteiger partial charge on any atom is -0.506 e. The van der Waals surface area contributed by atoms with Crippen molar-refractivity contribution in [1.29, 1.82) is 0 Å². The molecule has 0 aliphatic heterocycles. The molecule has 7 heteroatoms. The summed E-state index contributed by atoms with van der Waals surface area (Å²) in [5.74, 6) is -1.98. The number of hydrogen-bond acceptors (Lipinski definition) is 3. The van der Waals surface area contributed by atoms with Gasteiger partial charge in [-0.2, -0.15) is 0 Å². The van der Waals surface area contributed by atoms with Crippen molar-refractivity contribution in [2.45, 2.75) is 6.92 Å². The summed E-state index contributed by atoms with van der Waals surface area (Å²) in [6, 6.07) is 9.34. The summed E-state index contributed by atoms with van der Waals surface area (Å²) in [6.45, 7) is 1.79. The van der Waals surface area contributed by atoms with E-state index >= 15 is 0 Å². The first kappa shape index (κ1) is 16.1. The number of benzene rings is 2. The average molecular weight is 339 g/mol. The Bertz CT molecular complexity index is 748. The Labute approximate surface area is 136 Å². The number of rotatable bonds is 2. The second kappa shape index (κ2) is 6.68. The van der Waals surface area contributed by atoms with Gasteiger partial charge in [0.1, 0.15) is 5.75 Å². The number of amides is 2. The standard InChI is InChI=1S/C15H12Cl2N2O3/c1-8-5-6-10(12(20)7-8)18-14(21)15(22)19-11-4-2-3-9(16)13(11)17/h2-7,20H,1H3,(H,18,21)(H,19,22). The van der Waals surface area contributed by atoms with Gasteiger partial charge in [0.25, 0.3) is 0 Å². The third-order valence-corrected chi connectivity index (χ3v) is 3.63. The zero-order valence-corrected chi connectivity index (χ0v) is 13.0. The van der Waals surface area contributed by atoms with Crippen LogP contribution in [0, 0.1) is 6.92 Å². The van der Waals surface area contributed by atoms with E-state index in [0.717, 1.165) is 5.56 Å². The molecular weight excluding hydrogens is 327 g/mol. The van der Waals surface area contributed by atoms with Crippen molar-refractivity contribution in [2.24, 2.45) is 0 Å². The Kier molecular flexibility index (Phi) is 4.90. The highest BCUT2D eigenvalue weighted by molar-refractivity contribution is 6.47. The molecule has 0 aliphatic rings. The van der Waals surface area contributed by atoms with Gasteiger partial charge in [-0.05, 0) is 36.8 Å². The summed E-state index contributed by atoms with van der Waals surface area (Å²) in [6.07, 6.45) is 0. The summed E-state index contributed by atoms with van der Waals surface area (Å²) in [7, 11) is 0. The van der Waals surface area contributed by atoms with Gasteiger partial charge in [-0.3, -0.25) is 9.59 Å². The molecule has 114 valence electrons. The largest absolute Gasteiger partial charge is 0.506 e. The number of phenols is 1. The molecule has 2 amide bonds. The Balaban J connectivity index is 2.09. The highest BCUT2D eigenvalue weighted by Crippen LogP contribution is 2.29. The normalized spacial score (nSPS) is 10.1. The molecule has 3 N–H and O–H groups in total. The van der Waals surface area contributed by atoms with E-state index in [1.807, 2.05) is 0 Å². The first-order chi connectivity index (χ1) is 10.4. The van der Waals surface area contributed by atoms with Crippen LogP contribution in [-0.2, 0) is 9.59 Å². The molecule has 0 atom stereocenters. The summed E-state index contributed by atoms with van der Waals surface area (Å²) >= 11 is 11.8. The third kappa shape index (κ3) is 3.69. The number of aromatic hydroxyl groups is 1. The predicted octanol–water partition coefficient (Wildman–Crippen LogP) is 3.58. The average Bonchev–Trinajstić information content (AvgIpc) is 2.46. The number of nitrogens with one attached hydrogen (secondary N) is 2. The van der Waals surface area contributed by atoms with E-state index in [-0.39, 0.29) is 27.2 Å². The number of halogens is 2. The molecule has 0 fully saturated rings. The number of carbonyl (C=O) groups excluding carboxylic acids is 2. The Morgan fingerprint density at radius 2 is 1.64 bits per heavy atom. The fourth-order valence-corrected chi connectivity index (χ4v) is 2.05. The van der Waals surface area contributed by atoms with Gasteiger partial charge in [-0.25, -0.2) is 0 Å². The second-order valence-electron chi connectivity index (χ2n) is 4.53. The van der Waals surface area contributed by atoms with Gasteiger partial charge in [0.05, 0.1) is 21.4 Å². The van der Waals surface area contributed by atoms with Gasteiger partial charge in [-0.15, -0.1) is 0 Å². The van der Waals surface area contributed by atoms with Crippen LogP contribution in [0.15, 0.2) is 36.4 Å². The lowest BCUT2D eigenvalue weighted by Crippen LogP contribution is -2.29. The third-order valence-electron chi connectivity index (χ3n) is 2.81. The lowest BCUT2D eigenvalue weighted by molar-refractivity contribution is -0.133. The zero-order chi connectivity index (χ0) is 16.3. The van der Waals surface area contributed by atoms with E-state index in [2.05, 4.69) is 10.6 Å². The minimum atomic E-state index is -0.935. The molecule has 22 heavy (non-hydrogen) atoms. The summed E-state index contributed by atoms with van der Waals surface area (Å²) in [4.78, 5) is 23.7. The summed E-state index contributed by atoms with van der Waals surface area (Å²) in [5, 5.41) is 14.8. The molecular formula is C15H12Cl2N2O3. The molecule has 0 saturated heterocycles. The van der Waals surface area contributed by atoms with Gasteiger partial charge in [0.15, 0.2) is 0 Å². The molecule has 0 heterocycles. The van der Waals surface area contributed by atoms with E-state index in [1.54, 1.807) is 25.1 Å². The molecule has 5 nitrogen and oxygen atoms in total. The van der Waals surface area contributed by atoms with E-state index in [9.17, 15) is 14.7 Å². The Hall–Kier alpha value is -2.24. The molecule has 2 aromatic rings. The quantitative estimate of drug-likeness (QED) is 0.578. The molecule has 0 spiro atoms. The molecule has 0 bridgehead atoms. The van der Waals surface area contributed by atoms with Crippen LogP contribution >= 0.6 is 23.2 Å². The molecule has 2 rings (SSSR count). The van der Waals surface area contributed by atoms with Crippen LogP contribution in [0.25, 0.3) is 0 Å². The van der Waals surface area contributed by atoms with Crippen molar-refractivity contribution in [3.8, 4) is 5.75 Å². The monoisotopic (exact) mass is 338 g/mol. The molecule has 0 unspecified atom stereocenters. The van der Waals surface area contributed by atoms with Crippen molar-refractivity contribution in [1.82, 2.24) is 0 Å². The van der Waals surface area contributed by atoms with Gasteiger partial charge in [0, 0.05) is 0 Å². The topological polar surface area (TPSA) is 78.4 Å².